The fraction of sp³-hybridized carbons (Fsp3) is 0.250. The number of aryl methyl sites for hydroxylation is 3. The molecule has 0 saturated carbocycles. The highest BCUT2D eigenvalue weighted by molar-refractivity contribution is 7.19. The molecular weight excluding hydrogens is 396 g/mol. The van der Waals surface area contributed by atoms with Gasteiger partial charge in [0.05, 0.1) is 18.3 Å². The maximum atomic E-state index is 13.2. The zero-order valence-corrected chi connectivity index (χ0v) is 18.1. The monoisotopic (exact) mass is 420 g/mol. The Morgan fingerprint density at radius 1 is 1.07 bits per heavy atom. The van der Waals surface area contributed by atoms with Crippen LogP contribution in [0.4, 0.5) is 0 Å². The molecule has 1 atom stereocenters. The molecule has 2 aromatic heterocycles. The van der Waals surface area contributed by atoms with Gasteiger partial charge in [-0.05, 0) is 37.5 Å². The molecule has 0 unspecified atom stereocenters. The molecule has 4 rings (SSSR count). The summed E-state index contributed by atoms with van der Waals surface area (Å²) in [5, 5.41) is 11.1. The highest BCUT2D eigenvalue weighted by Crippen LogP contribution is 2.35. The molecule has 30 heavy (non-hydrogen) atoms. The Labute approximate surface area is 179 Å². The Morgan fingerprint density at radius 3 is 2.47 bits per heavy atom. The van der Waals surface area contributed by atoms with Crippen molar-refractivity contribution in [2.45, 2.75) is 33.4 Å². The second-order valence-corrected chi connectivity index (χ2v) is 8.67. The van der Waals surface area contributed by atoms with E-state index in [4.69, 9.17) is 4.74 Å². The van der Waals surface area contributed by atoms with Crippen LogP contribution in [0.15, 0.2) is 59.7 Å². The summed E-state index contributed by atoms with van der Waals surface area (Å²) in [6.07, 6.45) is 0.679. The summed E-state index contributed by atoms with van der Waals surface area (Å²) in [4.78, 5) is 19.5. The number of fused-ring (bicyclic) bond motifs is 1. The lowest BCUT2D eigenvalue weighted by Gasteiger charge is -2.16. The molecule has 2 heterocycles. The summed E-state index contributed by atoms with van der Waals surface area (Å²) in [5.41, 5.74) is 3.81. The van der Waals surface area contributed by atoms with E-state index < -0.39 is 6.10 Å². The Bertz CT molecular complexity index is 1220. The predicted octanol–water partition coefficient (Wildman–Crippen LogP) is 4.49. The lowest BCUT2D eigenvalue weighted by atomic mass is 10.0. The molecule has 0 aliphatic carbocycles. The lowest BCUT2D eigenvalue weighted by molar-refractivity contribution is 0.0908. The van der Waals surface area contributed by atoms with Gasteiger partial charge in [0.15, 0.2) is 0 Å². The second-order valence-electron chi connectivity index (χ2n) is 7.47. The number of benzene rings is 2. The molecule has 4 aromatic rings. The van der Waals surface area contributed by atoms with Crippen LogP contribution in [0.2, 0.25) is 0 Å². The quantitative estimate of drug-likeness (QED) is 0.499. The third kappa shape index (κ3) is 3.88. The molecule has 0 bridgehead atoms. The maximum absolute atomic E-state index is 13.2. The van der Waals surface area contributed by atoms with Crippen molar-refractivity contribution in [1.29, 1.82) is 0 Å². The number of hydrogen-bond acceptors (Lipinski definition) is 5. The first-order chi connectivity index (χ1) is 14.5. The largest absolute Gasteiger partial charge is 0.490 e. The van der Waals surface area contributed by atoms with Crippen molar-refractivity contribution >= 4 is 21.6 Å². The Kier molecular flexibility index (Phi) is 5.70. The van der Waals surface area contributed by atoms with Gasteiger partial charge in [0.1, 0.15) is 23.3 Å². The minimum absolute atomic E-state index is 0.102. The van der Waals surface area contributed by atoms with Crippen LogP contribution in [0.1, 0.15) is 16.0 Å². The predicted molar refractivity (Wildman–Crippen MR) is 121 cm³/mol. The molecule has 0 amide bonds. The summed E-state index contributed by atoms with van der Waals surface area (Å²) in [6.45, 7) is 6.17. The highest BCUT2D eigenvalue weighted by atomic mass is 32.1. The zero-order valence-electron chi connectivity index (χ0n) is 17.3. The van der Waals surface area contributed by atoms with E-state index in [1.54, 1.807) is 0 Å². The van der Waals surface area contributed by atoms with E-state index in [2.05, 4.69) is 4.98 Å². The zero-order chi connectivity index (χ0) is 21.3. The molecule has 0 aliphatic heterocycles. The average Bonchev–Trinajstić information content (AvgIpc) is 3.07. The first kappa shape index (κ1) is 20.3. The van der Waals surface area contributed by atoms with Crippen molar-refractivity contribution in [3.63, 3.8) is 0 Å². The van der Waals surface area contributed by atoms with E-state index in [1.165, 1.54) is 22.2 Å². The van der Waals surface area contributed by atoms with Gasteiger partial charge in [0.2, 0.25) is 0 Å². The summed E-state index contributed by atoms with van der Waals surface area (Å²) in [6, 6.07) is 15.8. The van der Waals surface area contributed by atoms with Crippen LogP contribution < -0.4 is 10.3 Å². The van der Waals surface area contributed by atoms with Gasteiger partial charge in [-0.2, -0.15) is 0 Å². The van der Waals surface area contributed by atoms with Gasteiger partial charge in [0.25, 0.3) is 5.56 Å². The molecule has 0 aliphatic rings. The number of para-hydroxylation sites is 1. The van der Waals surface area contributed by atoms with E-state index in [0.717, 1.165) is 32.9 Å². The number of ether oxygens (including phenoxy) is 1. The highest BCUT2D eigenvalue weighted by Gasteiger charge is 2.18. The summed E-state index contributed by atoms with van der Waals surface area (Å²) in [7, 11) is 0. The van der Waals surface area contributed by atoms with Crippen LogP contribution in [0.5, 0.6) is 5.75 Å². The molecule has 154 valence electrons. The lowest BCUT2D eigenvalue weighted by Crippen LogP contribution is -2.30. The smallest absolute Gasteiger partial charge is 0.262 e. The van der Waals surface area contributed by atoms with Crippen molar-refractivity contribution in [1.82, 2.24) is 9.55 Å². The van der Waals surface area contributed by atoms with Gasteiger partial charge < -0.3 is 9.84 Å². The second kappa shape index (κ2) is 8.42. The van der Waals surface area contributed by atoms with Crippen molar-refractivity contribution in [3.05, 3.63) is 81.2 Å². The number of aromatic nitrogens is 2. The number of thiophene rings is 1. The average molecular weight is 421 g/mol. The van der Waals surface area contributed by atoms with Gasteiger partial charge in [-0.3, -0.25) is 9.36 Å². The molecule has 6 heteroatoms. The van der Waals surface area contributed by atoms with Crippen LogP contribution in [0.3, 0.4) is 0 Å². The third-order valence-electron chi connectivity index (χ3n) is 5.15. The normalized spacial score (nSPS) is 12.3. The summed E-state index contributed by atoms with van der Waals surface area (Å²) < 4.78 is 7.31. The van der Waals surface area contributed by atoms with Crippen LogP contribution in [-0.4, -0.2) is 27.4 Å². The van der Waals surface area contributed by atoms with Crippen molar-refractivity contribution < 1.29 is 9.84 Å². The van der Waals surface area contributed by atoms with Crippen LogP contribution in [-0.2, 0) is 6.54 Å². The first-order valence-corrected chi connectivity index (χ1v) is 10.7. The van der Waals surface area contributed by atoms with E-state index in [1.807, 2.05) is 69.3 Å². The van der Waals surface area contributed by atoms with Crippen LogP contribution >= 0.6 is 11.3 Å². The van der Waals surface area contributed by atoms with Crippen LogP contribution in [0, 0.1) is 20.8 Å². The standard InChI is InChI=1S/C24H24N2O3S/c1-15-8-7-9-16(2)22(15)29-13-19(27)12-26-14-25-23-21(24(26)28)20(17(3)30-23)18-10-5-4-6-11-18/h4-11,14,19,27H,12-13H2,1-3H3/t19-/m0/s1. The summed E-state index contributed by atoms with van der Waals surface area (Å²) in [5.74, 6) is 0.775. The molecular formula is C24H24N2O3S. The van der Waals surface area contributed by atoms with Crippen LogP contribution in [0.25, 0.3) is 21.3 Å². The fourth-order valence-electron chi connectivity index (χ4n) is 3.71. The van der Waals surface area contributed by atoms with E-state index in [0.29, 0.717) is 10.2 Å². The molecule has 2 aromatic carbocycles. The number of aliphatic hydroxyl groups is 1. The topological polar surface area (TPSA) is 64.3 Å². The molecule has 0 radical (unpaired) electrons. The van der Waals surface area contributed by atoms with Gasteiger partial charge in [-0.1, -0.05) is 48.5 Å². The van der Waals surface area contributed by atoms with E-state index >= 15 is 0 Å². The Morgan fingerprint density at radius 2 is 1.77 bits per heavy atom. The molecule has 1 N–H and O–H groups in total. The molecule has 0 saturated heterocycles. The molecule has 5 nitrogen and oxygen atoms in total. The fourth-order valence-corrected chi connectivity index (χ4v) is 4.71. The number of nitrogens with zero attached hydrogens (tertiary/aromatic N) is 2. The van der Waals surface area contributed by atoms with Crippen molar-refractivity contribution in [3.8, 4) is 16.9 Å². The van der Waals surface area contributed by atoms with Gasteiger partial charge in [-0.25, -0.2) is 4.98 Å². The first-order valence-electron chi connectivity index (χ1n) is 9.86. The van der Waals surface area contributed by atoms with E-state index in [9.17, 15) is 9.90 Å². The number of rotatable bonds is 6. The van der Waals surface area contributed by atoms with Gasteiger partial charge >= 0.3 is 0 Å². The van der Waals surface area contributed by atoms with Crippen molar-refractivity contribution in [2.75, 3.05) is 6.61 Å². The Hall–Kier alpha value is -2.96. The molecule has 0 spiro atoms. The van der Waals surface area contributed by atoms with Gasteiger partial charge in [-0.15, -0.1) is 11.3 Å². The number of aliphatic hydroxyl groups excluding tert-OH is 1. The van der Waals surface area contributed by atoms with Crippen molar-refractivity contribution in [2.24, 2.45) is 0 Å². The SMILES string of the molecule is Cc1cccc(C)c1OC[C@@H](O)Cn1cnc2sc(C)c(-c3ccccc3)c2c1=O. The molecule has 0 fully saturated rings. The summed E-state index contributed by atoms with van der Waals surface area (Å²) >= 11 is 1.51. The third-order valence-corrected chi connectivity index (χ3v) is 6.17. The van der Waals surface area contributed by atoms with Gasteiger partial charge in [0, 0.05) is 10.4 Å². The maximum Gasteiger partial charge on any atom is 0.262 e. The minimum atomic E-state index is -0.833. The minimum Gasteiger partial charge on any atom is -0.490 e. The number of hydrogen-bond donors (Lipinski definition) is 1. The Balaban J connectivity index is 1.61. The van der Waals surface area contributed by atoms with E-state index in [-0.39, 0.29) is 18.7 Å².